The first kappa shape index (κ1) is 19.7. The van der Waals surface area contributed by atoms with Crippen LogP contribution >= 0.6 is 23.2 Å². The van der Waals surface area contributed by atoms with Gasteiger partial charge in [-0.25, -0.2) is 4.79 Å². The van der Waals surface area contributed by atoms with Crippen LogP contribution in [0.5, 0.6) is 0 Å². The molecule has 0 radical (unpaired) electrons. The van der Waals surface area contributed by atoms with Gasteiger partial charge in [-0.2, -0.15) is 0 Å². The van der Waals surface area contributed by atoms with Crippen molar-refractivity contribution in [1.29, 1.82) is 0 Å². The summed E-state index contributed by atoms with van der Waals surface area (Å²) in [5.74, 6) is 0. The zero-order valence-corrected chi connectivity index (χ0v) is 16.6. The van der Waals surface area contributed by atoms with Crippen LogP contribution in [0.2, 0.25) is 10.0 Å². The van der Waals surface area contributed by atoms with E-state index in [1.165, 1.54) is 5.56 Å². The number of carbonyl (C=O) groups excluding carboxylic acids is 1. The third-order valence-corrected chi connectivity index (χ3v) is 5.17. The van der Waals surface area contributed by atoms with E-state index >= 15 is 0 Å². The third-order valence-electron chi connectivity index (χ3n) is 4.58. The summed E-state index contributed by atoms with van der Waals surface area (Å²) in [7, 11) is 0. The number of piperazine rings is 1. The van der Waals surface area contributed by atoms with Crippen LogP contribution in [-0.4, -0.2) is 48.6 Å². The van der Waals surface area contributed by atoms with Gasteiger partial charge >= 0.3 is 6.03 Å². The lowest BCUT2D eigenvalue weighted by molar-refractivity contribution is 0.146. The molecule has 1 saturated heterocycles. The summed E-state index contributed by atoms with van der Waals surface area (Å²) in [6.07, 6.45) is 4.31. The second-order valence-corrected chi connectivity index (χ2v) is 7.34. The van der Waals surface area contributed by atoms with E-state index in [1.54, 1.807) is 12.1 Å². The molecule has 142 valence electrons. The SMILES string of the molecule is O=C(NCc1ccc(Cl)cc1Cl)N1CCN(C/C=C\c2ccccc2)CC1. The van der Waals surface area contributed by atoms with E-state index < -0.39 is 0 Å². The summed E-state index contributed by atoms with van der Waals surface area (Å²) >= 11 is 12.0. The molecule has 2 aromatic carbocycles. The Labute approximate surface area is 170 Å². The summed E-state index contributed by atoms with van der Waals surface area (Å²) in [5, 5.41) is 4.09. The number of halogens is 2. The normalized spacial score (nSPS) is 15.3. The highest BCUT2D eigenvalue weighted by Crippen LogP contribution is 2.20. The van der Waals surface area contributed by atoms with E-state index in [4.69, 9.17) is 23.2 Å². The summed E-state index contributed by atoms with van der Waals surface area (Å²) in [6, 6.07) is 15.5. The summed E-state index contributed by atoms with van der Waals surface area (Å²) < 4.78 is 0. The summed E-state index contributed by atoms with van der Waals surface area (Å²) in [6.45, 7) is 4.47. The molecule has 0 saturated carbocycles. The maximum Gasteiger partial charge on any atom is 0.317 e. The van der Waals surface area contributed by atoms with Crippen molar-refractivity contribution in [1.82, 2.24) is 15.1 Å². The minimum absolute atomic E-state index is 0.0551. The monoisotopic (exact) mass is 403 g/mol. The average molecular weight is 404 g/mol. The molecule has 0 unspecified atom stereocenters. The predicted octanol–water partition coefficient (Wildman–Crippen LogP) is 4.53. The zero-order chi connectivity index (χ0) is 19.1. The van der Waals surface area contributed by atoms with E-state index in [0.29, 0.717) is 16.6 Å². The van der Waals surface area contributed by atoms with Crippen LogP contribution in [0.3, 0.4) is 0 Å². The number of hydrogen-bond donors (Lipinski definition) is 1. The Balaban J connectivity index is 1.40. The Morgan fingerprint density at radius 1 is 1.04 bits per heavy atom. The lowest BCUT2D eigenvalue weighted by atomic mass is 10.2. The van der Waals surface area contributed by atoms with Crippen molar-refractivity contribution in [2.45, 2.75) is 6.54 Å². The fraction of sp³-hybridized carbons (Fsp3) is 0.286. The van der Waals surface area contributed by atoms with Crippen LogP contribution in [-0.2, 0) is 6.54 Å². The van der Waals surface area contributed by atoms with Gasteiger partial charge in [0.25, 0.3) is 0 Å². The molecular formula is C21H23Cl2N3O. The number of amides is 2. The Hall–Kier alpha value is -2.01. The predicted molar refractivity (Wildman–Crippen MR) is 112 cm³/mol. The van der Waals surface area contributed by atoms with Crippen LogP contribution < -0.4 is 5.32 Å². The van der Waals surface area contributed by atoms with Crippen LogP contribution in [0.15, 0.2) is 54.6 Å². The Morgan fingerprint density at radius 3 is 2.48 bits per heavy atom. The standard InChI is InChI=1S/C21H23Cl2N3O/c22-19-9-8-18(20(23)15-19)16-24-21(27)26-13-11-25(12-14-26)10-4-7-17-5-2-1-3-6-17/h1-9,15H,10-14,16H2,(H,24,27)/b7-4-. The van der Waals surface area contributed by atoms with Gasteiger partial charge in [-0.15, -0.1) is 0 Å². The van der Waals surface area contributed by atoms with E-state index in [1.807, 2.05) is 29.2 Å². The molecule has 2 amide bonds. The minimum atomic E-state index is -0.0551. The number of benzene rings is 2. The molecule has 0 bridgehead atoms. The number of carbonyl (C=O) groups is 1. The molecular weight excluding hydrogens is 381 g/mol. The summed E-state index contributed by atoms with van der Waals surface area (Å²) in [4.78, 5) is 16.6. The van der Waals surface area contributed by atoms with Crippen LogP contribution in [0.4, 0.5) is 4.79 Å². The summed E-state index contributed by atoms with van der Waals surface area (Å²) in [5.41, 5.74) is 2.07. The molecule has 1 heterocycles. The number of nitrogens with one attached hydrogen (secondary N) is 1. The molecule has 1 N–H and O–H groups in total. The van der Waals surface area contributed by atoms with E-state index in [2.05, 4.69) is 34.5 Å². The first-order valence-electron chi connectivity index (χ1n) is 9.02. The van der Waals surface area contributed by atoms with Gasteiger partial charge in [-0.1, -0.05) is 71.8 Å². The third kappa shape index (κ3) is 5.99. The van der Waals surface area contributed by atoms with Gasteiger partial charge in [0, 0.05) is 49.3 Å². The second-order valence-electron chi connectivity index (χ2n) is 6.50. The van der Waals surface area contributed by atoms with Gasteiger partial charge in [0.2, 0.25) is 0 Å². The van der Waals surface area contributed by atoms with Crippen molar-refractivity contribution in [2.75, 3.05) is 32.7 Å². The number of hydrogen-bond acceptors (Lipinski definition) is 2. The lowest BCUT2D eigenvalue weighted by Crippen LogP contribution is -2.51. The van der Waals surface area contributed by atoms with Crippen molar-refractivity contribution in [2.24, 2.45) is 0 Å². The van der Waals surface area contributed by atoms with E-state index in [9.17, 15) is 4.79 Å². The number of rotatable bonds is 5. The molecule has 0 aliphatic carbocycles. The molecule has 1 fully saturated rings. The van der Waals surface area contributed by atoms with Crippen LogP contribution in [0.25, 0.3) is 6.08 Å². The van der Waals surface area contributed by atoms with Gasteiger partial charge in [0.05, 0.1) is 0 Å². The fourth-order valence-corrected chi connectivity index (χ4v) is 3.46. The highest BCUT2D eigenvalue weighted by atomic mass is 35.5. The first-order valence-corrected chi connectivity index (χ1v) is 9.78. The van der Waals surface area contributed by atoms with Gasteiger partial charge in [0.1, 0.15) is 0 Å². The molecule has 27 heavy (non-hydrogen) atoms. The molecule has 6 heteroatoms. The van der Waals surface area contributed by atoms with E-state index in [0.717, 1.165) is 38.3 Å². The maximum absolute atomic E-state index is 12.4. The van der Waals surface area contributed by atoms with Crippen molar-refractivity contribution >= 4 is 35.3 Å². The van der Waals surface area contributed by atoms with Crippen molar-refractivity contribution < 1.29 is 4.79 Å². The van der Waals surface area contributed by atoms with Crippen LogP contribution in [0.1, 0.15) is 11.1 Å². The largest absolute Gasteiger partial charge is 0.334 e. The van der Waals surface area contributed by atoms with Gasteiger partial charge in [-0.3, -0.25) is 4.90 Å². The Morgan fingerprint density at radius 2 is 1.78 bits per heavy atom. The van der Waals surface area contributed by atoms with Gasteiger partial charge in [0.15, 0.2) is 0 Å². The Bertz CT molecular complexity index is 787. The average Bonchev–Trinajstić information content (AvgIpc) is 2.68. The molecule has 1 aliphatic rings. The molecule has 2 aromatic rings. The Kier molecular flexibility index (Phi) is 7.16. The van der Waals surface area contributed by atoms with E-state index in [-0.39, 0.29) is 6.03 Å². The molecule has 1 aliphatic heterocycles. The highest BCUT2D eigenvalue weighted by molar-refractivity contribution is 6.35. The topological polar surface area (TPSA) is 35.6 Å². The molecule has 0 aromatic heterocycles. The zero-order valence-electron chi connectivity index (χ0n) is 15.1. The molecule has 4 nitrogen and oxygen atoms in total. The quantitative estimate of drug-likeness (QED) is 0.795. The lowest BCUT2D eigenvalue weighted by Gasteiger charge is -2.34. The van der Waals surface area contributed by atoms with Crippen molar-refractivity contribution in [3.05, 3.63) is 75.8 Å². The van der Waals surface area contributed by atoms with Crippen molar-refractivity contribution in [3.63, 3.8) is 0 Å². The fourth-order valence-electron chi connectivity index (χ4n) is 2.98. The number of urea groups is 1. The minimum Gasteiger partial charge on any atom is -0.334 e. The van der Waals surface area contributed by atoms with Gasteiger partial charge in [-0.05, 0) is 23.3 Å². The second kappa shape index (κ2) is 9.79. The molecule has 0 atom stereocenters. The maximum atomic E-state index is 12.4. The van der Waals surface area contributed by atoms with Crippen molar-refractivity contribution in [3.8, 4) is 0 Å². The smallest absolute Gasteiger partial charge is 0.317 e. The first-order chi connectivity index (χ1) is 13.1. The molecule has 3 rings (SSSR count). The molecule has 0 spiro atoms. The van der Waals surface area contributed by atoms with Gasteiger partial charge < -0.3 is 10.2 Å². The van der Waals surface area contributed by atoms with Crippen LogP contribution in [0, 0.1) is 0 Å². The number of nitrogens with zero attached hydrogens (tertiary/aromatic N) is 2. The highest BCUT2D eigenvalue weighted by Gasteiger charge is 2.20.